The van der Waals surface area contributed by atoms with Gasteiger partial charge in [-0.2, -0.15) is 0 Å². The Morgan fingerprint density at radius 2 is 2.00 bits per heavy atom. The maximum Gasteiger partial charge on any atom is 0.305 e. The quantitative estimate of drug-likeness (QED) is 0.582. The molecule has 0 unspecified atom stereocenters. The molecule has 4 heteroatoms. The van der Waals surface area contributed by atoms with E-state index in [1.54, 1.807) is 13.0 Å². The zero-order valence-corrected chi connectivity index (χ0v) is 9.25. The minimum absolute atomic E-state index is 0.0227. The molecule has 0 amide bonds. The monoisotopic (exact) mass is 224 g/mol. The average molecular weight is 224 g/mol. The number of esters is 1. The van der Waals surface area contributed by atoms with Crippen LogP contribution in [0.3, 0.4) is 0 Å². The normalized spacial score (nSPS) is 9.94. The van der Waals surface area contributed by atoms with Gasteiger partial charge in [0.25, 0.3) is 0 Å². The fraction of sp³-hybridized carbons (Fsp3) is 0.333. The largest absolute Gasteiger partial charge is 0.469 e. The van der Waals surface area contributed by atoms with Crippen LogP contribution in [0.2, 0.25) is 0 Å². The first kappa shape index (κ1) is 12.4. The molecule has 0 spiro atoms. The number of carbonyl (C=O) groups is 2. The highest BCUT2D eigenvalue weighted by molar-refractivity contribution is 5.97. The first-order valence-electron chi connectivity index (χ1n) is 4.90. The molecule has 0 aliphatic rings. The summed E-state index contributed by atoms with van der Waals surface area (Å²) in [4.78, 5) is 22.4. The van der Waals surface area contributed by atoms with Crippen molar-refractivity contribution in [1.82, 2.24) is 0 Å². The summed E-state index contributed by atoms with van der Waals surface area (Å²) in [5, 5.41) is 0. The molecule has 86 valence electrons. The molecule has 16 heavy (non-hydrogen) atoms. The zero-order valence-electron chi connectivity index (χ0n) is 9.25. The van der Waals surface area contributed by atoms with E-state index in [0.29, 0.717) is 0 Å². The van der Waals surface area contributed by atoms with Gasteiger partial charge in [0.2, 0.25) is 0 Å². The van der Waals surface area contributed by atoms with Crippen molar-refractivity contribution in [3.05, 3.63) is 35.1 Å². The van der Waals surface area contributed by atoms with E-state index in [1.807, 2.05) is 0 Å². The predicted molar refractivity (Wildman–Crippen MR) is 56.7 cm³/mol. The van der Waals surface area contributed by atoms with Crippen LogP contribution in [0.4, 0.5) is 4.39 Å². The van der Waals surface area contributed by atoms with Crippen LogP contribution in [0.5, 0.6) is 0 Å². The third-order valence-corrected chi connectivity index (χ3v) is 2.21. The molecular formula is C12H13FO3. The number of hydrogen-bond donors (Lipinski definition) is 0. The van der Waals surface area contributed by atoms with Gasteiger partial charge in [-0.05, 0) is 24.6 Å². The minimum Gasteiger partial charge on any atom is -0.469 e. The summed E-state index contributed by atoms with van der Waals surface area (Å²) >= 11 is 0. The summed E-state index contributed by atoms with van der Waals surface area (Å²) in [6.07, 6.45) is -0.0602. The first-order valence-corrected chi connectivity index (χ1v) is 4.90. The highest BCUT2D eigenvalue weighted by atomic mass is 19.1. The molecule has 1 aromatic carbocycles. The van der Waals surface area contributed by atoms with Crippen LogP contribution in [0.25, 0.3) is 0 Å². The molecule has 0 radical (unpaired) electrons. The standard InChI is InChI=1S/C12H13FO3/c1-8-3-4-9(10(13)7-8)11(14)5-6-12(15)16-2/h3-4,7H,5-6H2,1-2H3. The summed E-state index contributed by atoms with van der Waals surface area (Å²) in [5.74, 6) is -1.40. The van der Waals surface area contributed by atoms with Gasteiger partial charge in [0.15, 0.2) is 5.78 Å². The van der Waals surface area contributed by atoms with Gasteiger partial charge < -0.3 is 4.74 Å². The van der Waals surface area contributed by atoms with Gasteiger partial charge >= 0.3 is 5.97 Å². The van der Waals surface area contributed by atoms with Crippen LogP contribution < -0.4 is 0 Å². The Kier molecular flexibility index (Phi) is 4.17. The van der Waals surface area contributed by atoms with E-state index in [2.05, 4.69) is 4.74 Å². The van der Waals surface area contributed by atoms with Gasteiger partial charge in [0.1, 0.15) is 5.82 Å². The molecule has 0 atom stereocenters. The minimum atomic E-state index is -0.546. The number of benzene rings is 1. The lowest BCUT2D eigenvalue weighted by Crippen LogP contribution is -2.07. The second kappa shape index (κ2) is 5.39. The Morgan fingerprint density at radius 1 is 1.31 bits per heavy atom. The third-order valence-electron chi connectivity index (χ3n) is 2.21. The average Bonchev–Trinajstić information content (AvgIpc) is 2.25. The van der Waals surface area contributed by atoms with Gasteiger partial charge in [-0.25, -0.2) is 4.39 Å². The topological polar surface area (TPSA) is 43.4 Å². The second-order valence-electron chi connectivity index (χ2n) is 3.48. The fourth-order valence-corrected chi connectivity index (χ4v) is 1.30. The SMILES string of the molecule is COC(=O)CCC(=O)c1ccc(C)cc1F. The number of ether oxygens (including phenoxy) is 1. The molecule has 0 aromatic heterocycles. The molecule has 1 rings (SSSR count). The molecule has 3 nitrogen and oxygen atoms in total. The van der Waals surface area contributed by atoms with Crippen molar-refractivity contribution in [2.24, 2.45) is 0 Å². The molecule has 0 N–H and O–H groups in total. The number of hydrogen-bond acceptors (Lipinski definition) is 3. The lowest BCUT2D eigenvalue weighted by molar-refractivity contribution is -0.140. The predicted octanol–water partition coefficient (Wildman–Crippen LogP) is 2.27. The molecule has 0 saturated carbocycles. The Morgan fingerprint density at radius 3 is 2.56 bits per heavy atom. The van der Waals surface area contributed by atoms with Crippen molar-refractivity contribution >= 4 is 11.8 Å². The number of rotatable bonds is 4. The molecule has 0 bridgehead atoms. The molecule has 0 aliphatic heterocycles. The number of carbonyl (C=O) groups excluding carboxylic acids is 2. The van der Waals surface area contributed by atoms with E-state index < -0.39 is 11.8 Å². The summed E-state index contributed by atoms with van der Waals surface area (Å²) in [7, 11) is 1.25. The van der Waals surface area contributed by atoms with Crippen LogP contribution in [0.15, 0.2) is 18.2 Å². The summed E-state index contributed by atoms with van der Waals surface area (Å²) < 4.78 is 17.8. The maximum absolute atomic E-state index is 13.4. The lowest BCUT2D eigenvalue weighted by atomic mass is 10.0. The van der Waals surface area contributed by atoms with Crippen molar-refractivity contribution in [1.29, 1.82) is 0 Å². The fourth-order valence-electron chi connectivity index (χ4n) is 1.30. The highest BCUT2D eigenvalue weighted by Crippen LogP contribution is 2.13. The molecule has 0 saturated heterocycles. The Bertz CT molecular complexity index is 413. The molecule has 0 heterocycles. The number of ketones is 1. The van der Waals surface area contributed by atoms with E-state index in [1.165, 1.54) is 19.2 Å². The smallest absolute Gasteiger partial charge is 0.305 e. The van der Waals surface area contributed by atoms with Crippen LogP contribution in [-0.2, 0) is 9.53 Å². The van der Waals surface area contributed by atoms with Gasteiger partial charge in [0.05, 0.1) is 19.1 Å². The molecular weight excluding hydrogens is 211 g/mol. The molecule has 0 fully saturated rings. The van der Waals surface area contributed by atoms with Crippen molar-refractivity contribution in [2.75, 3.05) is 7.11 Å². The van der Waals surface area contributed by atoms with Crippen molar-refractivity contribution in [3.63, 3.8) is 0 Å². The first-order chi connectivity index (χ1) is 7.54. The Hall–Kier alpha value is -1.71. The van der Waals surface area contributed by atoms with E-state index in [0.717, 1.165) is 5.56 Å². The van der Waals surface area contributed by atoms with E-state index in [4.69, 9.17) is 0 Å². The lowest BCUT2D eigenvalue weighted by Gasteiger charge is -2.03. The number of aryl methyl sites for hydroxylation is 1. The van der Waals surface area contributed by atoms with Crippen molar-refractivity contribution in [2.45, 2.75) is 19.8 Å². The van der Waals surface area contributed by atoms with Crippen LogP contribution in [-0.4, -0.2) is 18.9 Å². The Labute approximate surface area is 93.2 Å². The van der Waals surface area contributed by atoms with E-state index in [-0.39, 0.29) is 24.2 Å². The maximum atomic E-state index is 13.4. The number of methoxy groups -OCH3 is 1. The summed E-state index contributed by atoms with van der Waals surface area (Å²) in [6.45, 7) is 1.74. The molecule has 1 aromatic rings. The van der Waals surface area contributed by atoms with Crippen LogP contribution >= 0.6 is 0 Å². The van der Waals surface area contributed by atoms with Gasteiger partial charge in [-0.15, -0.1) is 0 Å². The summed E-state index contributed by atoms with van der Waals surface area (Å²) in [6, 6.07) is 4.39. The molecule has 0 aliphatic carbocycles. The van der Waals surface area contributed by atoms with E-state index >= 15 is 0 Å². The van der Waals surface area contributed by atoms with Gasteiger partial charge in [-0.1, -0.05) is 6.07 Å². The number of Topliss-reactive ketones (excluding diaryl/α,β-unsaturated/α-hetero) is 1. The van der Waals surface area contributed by atoms with Gasteiger partial charge in [0, 0.05) is 6.42 Å². The van der Waals surface area contributed by atoms with E-state index in [9.17, 15) is 14.0 Å². The highest BCUT2D eigenvalue weighted by Gasteiger charge is 2.13. The zero-order chi connectivity index (χ0) is 12.1. The second-order valence-corrected chi connectivity index (χ2v) is 3.48. The van der Waals surface area contributed by atoms with Crippen molar-refractivity contribution < 1.29 is 18.7 Å². The summed E-state index contributed by atoms with van der Waals surface area (Å²) in [5.41, 5.74) is 0.775. The number of halogens is 1. The Balaban J connectivity index is 2.70. The third kappa shape index (κ3) is 3.15. The van der Waals surface area contributed by atoms with Crippen LogP contribution in [0.1, 0.15) is 28.8 Å². The van der Waals surface area contributed by atoms with Crippen LogP contribution in [0, 0.1) is 12.7 Å². The van der Waals surface area contributed by atoms with Gasteiger partial charge in [-0.3, -0.25) is 9.59 Å². The van der Waals surface area contributed by atoms with Crippen molar-refractivity contribution in [3.8, 4) is 0 Å².